The third-order valence-corrected chi connectivity index (χ3v) is 3.55. The van der Waals surface area contributed by atoms with Crippen LogP contribution in [-0.4, -0.2) is 6.54 Å². The average molecular weight is 219 g/mol. The maximum absolute atomic E-state index is 5.69. The number of benzene rings is 1. The molecule has 0 aliphatic carbocycles. The van der Waals surface area contributed by atoms with E-state index in [0.29, 0.717) is 17.8 Å². The SMILES string of the molecule is CC(C)c1ccc(CC(C)C(C)CN)cc1. The minimum Gasteiger partial charge on any atom is -0.330 e. The lowest BCUT2D eigenvalue weighted by atomic mass is 9.89. The molecule has 16 heavy (non-hydrogen) atoms. The van der Waals surface area contributed by atoms with E-state index in [1.54, 1.807) is 0 Å². The Morgan fingerprint density at radius 1 is 0.938 bits per heavy atom. The van der Waals surface area contributed by atoms with Crippen molar-refractivity contribution in [2.45, 2.75) is 40.0 Å². The fraction of sp³-hybridized carbons (Fsp3) is 0.600. The second-order valence-corrected chi connectivity index (χ2v) is 5.29. The van der Waals surface area contributed by atoms with Gasteiger partial charge in [0.1, 0.15) is 0 Å². The fourth-order valence-corrected chi connectivity index (χ4v) is 1.84. The Labute approximate surface area is 100 Å². The van der Waals surface area contributed by atoms with Crippen molar-refractivity contribution >= 4 is 0 Å². The minimum atomic E-state index is 0.602. The fourth-order valence-electron chi connectivity index (χ4n) is 1.84. The molecule has 2 N–H and O–H groups in total. The summed E-state index contributed by atoms with van der Waals surface area (Å²) in [5.74, 6) is 1.88. The van der Waals surface area contributed by atoms with Gasteiger partial charge in [-0.25, -0.2) is 0 Å². The molecule has 90 valence electrons. The van der Waals surface area contributed by atoms with E-state index in [9.17, 15) is 0 Å². The van der Waals surface area contributed by atoms with Crippen LogP contribution in [0.5, 0.6) is 0 Å². The third-order valence-electron chi connectivity index (χ3n) is 3.55. The van der Waals surface area contributed by atoms with Gasteiger partial charge in [0.05, 0.1) is 0 Å². The summed E-state index contributed by atoms with van der Waals surface area (Å²) in [6, 6.07) is 9.02. The van der Waals surface area contributed by atoms with Crippen molar-refractivity contribution in [2.24, 2.45) is 17.6 Å². The Kier molecular flexibility index (Phi) is 5.01. The molecule has 0 amide bonds. The third kappa shape index (κ3) is 3.64. The van der Waals surface area contributed by atoms with Gasteiger partial charge in [0.2, 0.25) is 0 Å². The molecule has 0 bridgehead atoms. The summed E-state index contributed by atoms with van der Waals surface area (Å²) in [7, 11) is 0. The van der Waals surface area contributed by atoms with E-state index in [-0.39, 0.29) is 0 Å². The van der Waals surface area contributed by atoms with E-state index >= 15 is 0 Å². The molecule has 0 saturated heterocycles. The Bertz CT molecular complexity index is 300. The molecule has 1 heteroatoms. The molecular weight excluding hydrogens is 194 g/mol. The normalized spacial score (nSPS) is 15.1. The predicted octanol–water partition coefficient (Wildman–Crippen LogP) is 3.58. The maximum atomic E-state index is 5.69. The Hall–Kier alpha value is -0.820. The number of hydrogen-bond donors (Lipinski definition) is 1. The molecule has 0 spiro atoms. The molecule has 0 aliphatic rings. The molecule has 2 atom stereocenters. The average Bonchev–Trinajstić information content (AvgIpc) is 2.28. The van der Waals surface area contributed by atoms with Crippen LogP contribution in [0, 0.1) is 11.8 Å². The summed E-state index contributed by atoms with van der Waals surface area (Å²) >= 11 is 0. The quantitative estimate of drug-likeness (QED) is 0.804. The summed E-state index contributed by atoms with van der Waals surface area (Å²) in [4.78, 5) is 0. The maximum Gasteiger partial charge on any atom is -0.00488 e. The lowest BCUT2D eigenvalue weighted by Crippen LogP contribution is -2.20. The topological polar surface area (TPSA) is 26.0 Å². The van der Waals surface area contributed by atoms with Gasteiger partial charge in [-0.1, -0.05) is 52.0 Å². The first-order chi connectivity index (χ1) is 7.54. The van der Waals surface area contributed by atoms with E-state index in [1.807, 2.05) is 0 Å². The van der Waals surface area contributed by atoms with Gasteiger partial charge < -0.3 is 5.73 Å². The summed E-state index contributed by atoms with van der Waals surface area (Å²) < 4.78 is 0. The van der Waals surface area contributed by atoms with Gasteiger partial charge in [-0.3, -0.25) is 0 Å². The monoisotopic (exact) mass is 219 g/mol. The van der Waals surface area contributed by atoms with Crippen molar-refractivity contribution in [1.82, 2.24) is 0 Å². The van der Waals surface area contributed by atoms with Crippen LogP contribution < -0.4 is 5.73 Å². The molecule has 1 aromatic rings. The molecule has 1 nitrogen and oxygen atoms in total. The lowest BCUT2D eigenvalue weighted by Gasteiger charge is -2.18. The van der Waals surface area contributed by atoms with Gasteiger partial charge in [0.25, 0.3) is 0 Å². The first-order valence-corrected chi connectivity index (χ1v) is 6.33. The van der Waals surface area contributed by atoms with Crippen LogP contribution >= 0.6 is 0 Å². The lowest BCUT2D eigenvalue weighted by molar-refractivity contribution is 0.394. The first-order valence-electron chi connectivity index (χ1n) is 6.33. The molecular formula is C15H25N. The van der Waals surface area contributed by atoms with Crippen LogP contribution in [0.4, 0.5) is 0 Å². The molecule has 2 unspecified atom stereocenters. The number of nitrogens with two attached hydrogens (primary N) is 1. The molecule has 0 radical (unpaired) electrons. The van der Waals surface area contributed by atoms with E-state index in [4.69, 9.17) is 5.73 Å². The van der Waals surface area contributed by atoms with Gasteiger partial charge in [-0.2, -0.15) is 0 Å². The van der Waals surface area contributed by atoms with Gasteiger partial charge in [-0.15, -0.1) is 0 Å². The highest BCUT2D eigenvalue weighted by Gasteiger charge is 2.11. The highest BCUT2D eigenvalue weighted by molar-refractivity contribution is 5.24. The Morgan fingerprint density at radius 2 is 1.50 bits per heavy atom. The number of hydrogen-bond acceptors (Lipinski definition) is 1. The van der Waals surface area contributed by atoms with E-state index in [0.717, 1.165) is 13.0 Å². The Balaban J connectivity index is 2.61. The molecule has 1 aromatic carbocycles. The summed E-state index contributed by atoms with van der Waals surface area (Å²) in [6.07, 6.45) is 1.14. The van der Waals surface area contributed by atoms with Gasteiger partial charge in [-0.05, 0) is 41.8 Å². The van der Waals surface area contributed by atoms with Crippen LogP contribution in [0.3, 0.4) is 0 Å². The van der Waals surface area contributed by atoms with Gasteiger partial charge >= 0.3 is 0 Å². The smallest absolute Gasteiger partial charge is 0.00488 e. The van der Waals surface area contributed by atoms with E-state index < -0.39 is 0 Å². The molecule has 0 aromatic heterocycles. The summed E-state index contributed by atoms with van der Waals surface area (Å²) in [5, 5.41) is 0. The van der Waals surface area contributed by atoms with E-state index in [2.05, 4.69) is 52.0 Å². The first kappa shape index (κ1) is 13.2. The van der Waals surface area contributed by atoms with Crippen LogP contribution in [0.25, 0.3) is 0 Å². The summed E-state index contributed by atoms with van der Waals surface area (Å²) in [6.45, 7) is 9.76. The summed E-state index contributed by atoms with van der Waals surface area (Å²) in [5.41, 5.74) is 8.54. The zero-order chi connectivity index (χ0) is 12.1. The van der Waals surface area contributed by atoms with Gasteiger partial charge in [0, 0.05) is 0 Å². The highest BCUT2D eigenvalue weighted by atomic mass is 14.5. The van der Waals surface area contributed by atoms with Crippen molar-refractivity contribution in [3.63, 3.8) is 0 Å². The van der Waals surface area contributed by atoms with Crippen LogP contribution in [0.15, 0.2) is 24.3 Å². The van der Waals surface area contributed by atoms with Crippen molar-refractivity contribution in [1.29, 1.82) is 0 Å². The minimum absolute atomic E-state index is 0.602. The van der Waals surface area contributed by atoms with Crippen molar-refractivity contribution in [3.05, 3.63) is 35.4 Å². The van der Waals surface area contributed by atoms with Crippen molar-refractivity contribution < 1.29 is 0 Å². The largest absolute Gasteiger partial charge is 0.330 e. The predicted molar refractivity (Wildman–Crippen MR) is 71.6 cm³/mol. The van der Waals surface area contributed by atoms with Crippen LogP contribution in [-0.2, 0) is 6.42 Å². The second kappa shape index (κ2) is 6.05. The van der Waals surface area contributed by atoms with Crippen LogP contribution in [0.2, 0.25) is 0 Å². The molecule has 0 heterocycles. The zero-order valence-corrected chi connectivity index (χ0v) is 11.0. The second-order valence-electron chi connectivity index (χ2n) is 5.29. The molecule has 0 saturated carbocycles. The van der Waals surface area contributed by atoms with Crippen molar-refractivity contribution in [3.8, 4) is 0 Å². The highest BCUT2D eigenvalue weighted by Crippen LogP contribution is 2.19. The van der Waals surface area contributed by atoms with Crippen molar-refractivity contribution in [2.75, 3.05) is 6.54 Å². The molecule has 1 rings (SSSR count). The Morgan fingerprint density at radius 3 is 1.94 bits per heavy atom. The molecule has 0 fully saturated rings. The number of rotatable bonds is 5. The standard InChI is InChI=1S/C15H25N/c1-11(2)15-7-5-14(6-8-15)9-12(3)13(4)10-16/h5-8,11-13H,9-10,16H2,1-4H3. The van der Waals surface area contributed by atoms with Crippen LogP contribution in [0.1, 0.15) is 44.7 Å². The van der Waals surface area contributed by atoms with E-state index in [1.165, 1.54) is 11.1 Å². The zero-order valence-electron chi connectivity index (χ0n) is 11.0. The van der Waals surface area contributed by atoms with Gasteiger partial charge in [0.15, 0.2) is 0 Å². The molecule has 0 aliphatic heterocycles.